The molecule has 0 aromatic heterocycles. The van der Waals surface area contributed by atoms with Gasteiger partial charge in [-0.25, -0.2) is 4.79 Å². The largest absolute Gasteiger partial charge is 0.494 e. The number of aromatic carboxylic acids is 1. The monoisotopic (exact) mass is 335 g/mol. The third-order valence-corrected chi connectivity index (χ3v) is 4.32. The topological polar surface area (TPSA) is 58.6 Å². The average Bonchev–Trinajstić information content (AvgIpc) is 2.61. The zero-order chi connectivity index (χ0) is 17.8. The highest BCUT2D eigenvalue weighted by atomic mass is 16.5. The second kappa shape index (κ2) is 7.26. The Labute approximate surface area is 147 Å². The van der Waals surface area contributed by atoms with Gasteiger partial charge in [-0.15, -0.1) is 0 Å². The van der Waals surface area contributed by atoms with Crippen LogP contribution in [0.1, 0.15) is 28.4 Å². The summed E-state index contributed by atoms with van der Waals surface area (Å²) in [6.45, 7) is 4.94. The van der Waals surface area contributed by atoms with Crippen molar-refractivity contribution < 1.29 is 14.6 Å². The summed E-state index contributed by atoms with van der Waals surface area (Å²) in [5.41, 5.74) is 2.93. The summed E-state index contributed by atoms with van der Waals surface area (Å²) in [4.78, 5) is 11.3. The van der Waals surface area contributed by atoms with Crippen LogP contribution in [0.15, 0.2) is 54.6 Å². The number of fused-ring (bicyclic) bond motifs is 1. The molecule has 3 aromatic rings. The SMILES string of the molecule is CCOc1ccc2ccccc2c1CNc1cccc(C(=O)O)c1C. The van der Waals surface area contributed by atoms with E-state index in [1.54, 1.807) is 12.1 Å². The lowest BCUT2D eigenvalue weighted by atomic mass is 10.0. The predicted molar refractivity (Wildman–Crippen MR) is 101 cm³/mol. The standard InChI is InChI=1S/C21H21NO3/c1-3-25-20-12-11-15-7-4-5-8-17(15)18(20)13-22-19-10-6-9-16(14(19)2)21(23)24/h4-12,22H,3,13H2,1-2H3,(H,23,24). The van der Waals surface area contributed by atoms with Crippen LogP contribution in [0.25, 0.3) is 10.8 Å². The zero-order valence-corrected chi connectivity index (χ0v) is 14.4. The van der Waals surface area contributed by atoms with Crippen molar-refractivity contribution >= 4 is 22.4 Å². The van der Waals surface area contributed by atoms with Gasteiger partial charge in [0, 0.05) is 17.8 Å². The zero-order valence-electron chi connectivity index (χ0n) is 14.4. The fraction of sp³-hybridized carbons (Fsp3) is 0.190. The third-order valence-electron chi connectivity index (χ3n) is 4.32. The van der Waals surface area contributed by atoms with Gasteiger partial charge < -0.3 is 15.2 Å². The maximum Gasteiger partial charge on any atom is 0.336 e. The van der Waals surface area contributed by atoms with E-state index >= 15 is 0 Å². The minimum Gasteiger partial charge on any atom is -0.494 e. The molecule has 0 heterocycles. The van der Waals surface area contributed by atoms with Crippen LogP contribution in [0.3, 0.4) is 0 Å². The van der Waals surface area contributed by atoms with Crippen molar-refractivity contribution in [2.24, 2.45) is 0 Å². The molecule has 0 radical (unpaired) electrons. The molecule has 3 rings (SSSR count). The first kappa shape index (κ1) is 16.8. The molecule has 2 N–H and O–H groups in total. The Kier molecular flexibility index (Phi) is 4.89. The highest BCUT2D eigenvalue weighted by Crippen LogP contribution is 2.29. The number of ether oxygens (including phenoxy) is 1. The first-order valence-electron chi connectivity index (χ1n) is 8.32. The molecule has 0 saturated carbocycles. The molecule has 0 aliphatic carbocycles. The van der Waals surface area contributed by atoms with Crippen molar-refractivity contribution in [2.45, 2.75) is 20.4 Å². The first-order chi connectivity index (χ1) is 12.1. The minimum atomic E-state index is -0.915. The molecule has 0 aliphatic rings. The van der Waals surface area contributed by atoms with E-state index in [9.17, 15) is 9.90 Å². The average molecular weight is 335 g/mol. The van der Waals surface area contributed by atoms with Gasteiger partial charge in [-0.3, -0.25) is 0 Å². The number of anilines is 1. The third kappa shape index (κ3) is 3.43. The van der Waals surface area contributed by atoms with Crippen LogP contribution in [-0.4, -0.2) is 17.7 Å². The van der Waals surface area contributed by atoms with Gasteiger partial charge in [0.05, 0.1) is 12.2 Å². The number of rotatable bonds is 6. The molecule has 25 heavy (non-hydrogen) atoms. The van der Waals surface area contributed by atoms with Gasteiger partial charge in [0.25, 0.3) is 0 Å². The van der Waals surface area contributed by atoms with Crippen LogP contribution < -0.4 is 10.1 Å². The normalized spacial score (nSPS) is 10.6. The molecular weight excluding hydrogens is 314 g/mol. The number of hydrogen-bond donors (Lipinski definition) is 2. The van der Waals surface area contributed by atoms with Crippen LogP contribution in [0.4, 0.5) is 5.69 Å². The Morgan fingerprint density at radius 2 is 1.88 bits per heavy atom. The van der Waals surface area contributed by atoms with Crippen LogP contribution in [0.2, 0.25) is 0 Å². The quantitative estimate of drug-likeness (QED) is 0.675. The lowest BCUT2D eigenvalue weighted by Gasteiger charge is -2.16. The van der Waals surface area contributed by atoms with Gasteiger partial charge in [0.2, 0.25) is 0 Å². The van der Waals surface area contributed by atoms with Crippen molar-refractivity contribution in [1.29, 1.82) is 0 Å². The molecule has 4 heteroatoms. The summed E-state index contributed by atoms with van der Waals surface area (Å²) in [7, 11) is 0. The van der Waals surface area contributed by atoms with Crippen molar-refractivity contribution in [1.82, 2.24) is 0 Å². The van der Waals surface area contributed by atoms with Gasteiger partial charge in [-0.2, -0.15) is 0 Å². The lowest BCUT2D eigenvalue weighted by molar-refractivity contribution is 0.0696. The molecule has 0 unspecified atom stereocenters. The summed E-state index contributed by atoms with van der Waals surface area (Å²) in [6.07, 6.45) is 0. The summed E-state index contributed by atoms with van der Waals surface area (Å²) in [5.74, 6) is -0.0675. The van der Waals surface area contributed by atoms with E-state index in [4.69, 9.17) is 4.74 Å². The van der Waals surface area contributed by atoms with E-state index in [2.05, 4.69) is 23.5 Å². The number of carbonyl (C=O) groups is 1. The highest BCUT2D eigenvalue weighted by molar-refractivity contribution is 5.91. The van der Waals surface area contributed by atoms with Crippen molar-refractivity contribution in [3.8, 4) is 5.75 Å². The second-order valence-electron chi connectivity index (χ2n) is 5.83. The van der Waals surface area contributed by atoms with Crippen LogP contribution in [-0.2, 0) is 6.54 Å². The summed E-state index contributed by atoms with van der Waals surface area (Å²) < 4.78 is 5.79. The molecule has 3 aromatic carbocycles. The van der Waals surface area contributed by atoms with Crippen molar-refractivity contribution in [3.05, 3.63) is 71.3 Å². The molecule has 0 amide bonds. The molecule has 128 valence electrons. The fourth-order valence-corrected chi connectivity index (χ4v) is 3.03. The van der Waals surface area contributed by atoms with Gasteiger partial charge in [0.15, 0.2) is 0 Å². The molecule has 0 atom stereocenters. The van der Waals surface area contributed by atoms with Crippen LogP contribution in [0, 0.1) is 6.92 Å². The van der Waals surface area contributed by atoms with Gasteiger partial charge >= 0.3 is 5.97 Å². The number of nitrogens with one attached hydrogen (secondary N) is 1. The number of benzene rings is 3. The number of carboxylic acid groups (broad SMARTS) is 1. The van der Waals surface area contributed by atoms with Crippen molar-refractivity contribution in [2.75, 3.05) is 11.9 Å². The highest BCUT2D eigenvalue weighted by Gasteiger charge is 2.12. The second-order valence-corrected chi connectivity index (χ2v) is 5.83. The van der Waals surface area contributed by atoms with E-state index in [1.165, 1.54) is 0 Å². The smallest absolute Gasteiger partial charge is 0.336 e. The van der Waals surface area contributed by atoms with Gasteiger partial charge in [-0.05, 0) is 48.4 Å². The van der Waals surface area contributed by atoms with Gasteiger partial charge in [-0.1, -0.05) is 36.4 Å². The summed E-state index contributed by atoms with van der Waals surface area (Å²) >= 11 is 0. The Balaban J connectivity index is 1.97. The fourth-order valence-electron chi connectivity index (χ4n) is 3.03. The minimum absolute atomic E-state index is 0.313. The van der Waals surface area contributed by atoms with Gasteiger partial charge in [0.1, 0.15) is 5.75 Å². The molecule has 0 bridgehead atoms. The molecule has 0 saturated heterocycles. The Morgan fingerprint density at radius 1 is 1.08 bits per heavy atom. The maximum absolute atomic E-state index is 11.3. The molecule has 0 fully saturated rings. The van der Waals surface area contributed by atoms with E-state index in [0.29, 0.717) is 18.7 Å². The Hall–Kier alpha value is -3.01. The molecular formula is C21H21NO3. The number of hydrogen-bond acceptors (Lipinski definition) is 3. The molecule has 0 spiro atoms. The summed E-state index contributed by atoms with van der Waals surface area (Å²) in [6, 6.07) is 17.5. The Morgan fingerprint density at radius 3 is 2.64 bits per heavy atom. The van der Waals surface area contributed by atoms with E-state index in [0.717, 1.165) is 33.3 Å². The lowest BCUT2D eigenvalue weighted by Crippen LogP contribution is -2.07. The maximum atomic E-state index is 11.3. The van der Waals surface area contributed by atoms with Crippen LogP contribution >= 0.6 is 0 Å². The number of carboxylic acids is 1. The van der Waals surface area contributed by atoms with E-state index in [1.807, 2.05) is 38.1 Å². The van der Waals surface area contributed by atoms with Crippen LogP contribution in [0.5, 0.6) is 5.75 Å². The van der Waals surface area contributed by atoms with Crippen molar-refractivity contribution in [3.63, 3.8) is 0 Å². The Bertz CT molecular complexity index is 918. The van der Waals surface area contributed by atoms with E-state index in [-0.39, 0.29) is 0 Å². The summed E-state index contributed by atoms with van der Waals surface area (Å²) in [5, 5.41) is 14.9. The first-order valence-corrected chi connectivity index (χ1v) is 8.32. The molecule has 4 nitrogen and oxygen atoms in total. The van der Waals surface area contributed by atoms with E-state index < -0.39 is 5.97 Å². The molecule has 0 aliphatic heterocycles. The predicted octanol–water partition coefficient (Wildman–Crippen LogP) is 4.86.